The molecule has 1 atom stereocenters. The third-order valence-electron chi connectivity index (χ3n) is 3.70. The number of amides is 1. The lowest BCUT2D eigenvalue weighted by Gasteiger charge is -2.18. The number of thioether (sulfide) groups is 1. The number of rotatable bonds is 5. The summed E-state index contributed by atoms with van der Waals surface area (Å²) in [6, 6.07) is 3.42. The Morgan fingerprint density at radius 1 is 1.35 bits per heavy atom. The van der Waals surface area contributed by atoms with Crippen molar-refractivity contribution in [3.05, 3.63) is 34.4 Å². The Kier molecular flexibility index (Phi) is 5.36. The molecule has 0 radical (unpaired) electrons. The first-order valence-corrected chi connectivity index (χ1v) is 8.35. The standard InChI is InChI=1S/C17H22N2O3S/c1-9(2)14-8-18-17(23-14)16(21)19-15-10(3)13(22-5)7-6-12(15)11(4)20/h6-9,17-18H,1-5H3,(H,19,21). The quantitative estimate of drug-likeness (QED) is 0.809. The molecule has 2 rings (SSSR count). The van der Waals surface area contributed by atoms with Crippen molar-refractivity contribution >= 4 is 29.1 Å². The monoisotopic (exact) mass is 334 g/mol. The second-order valence-corrected chi connectivity index (χ2v) is 6.91. The van der Waals surface area contributed by atoms with Gasteiger partial charge in [-0.2, -0.15) is 0 Å². The fraction of sp³-hybridized carbons (Fsp3) is 0.412. The number of carbonyl (C=O) groups excluding carboxylic acids is 2. The molecule has 0 aromatic heterocycles. The normalized spacial score (nSPS) is 16.8. The molecule has 0 saturated carbocycles. The van der Waals surface area contributed by atoms with Crippen LogP contribution in [0.4, 0.5) is 5.69 Å². The first kappa shape index (κ1) is 17.4. The third kappa shape index (κ3) is 3.69. The molecule has 1 aromatic rings. The number of allylic oxidation sites excluding steroid dienone is 1. The number of hydrogen-bond donors (Lipinski definition) is 2. The molecule has 1 unspecified atom stereocenters. The van der Waals surface area contributed by atoms with Crippen LogP contribution in [0, 0.1) is 12.8 Å². The van der Waals surface area contributed by atoms with Gasteiger partial charge in [-0.3, -0.25) is 9.59 Å². The van der Waals surface area contributed by atoms with E-state index in [1.165, 1.54) is 18.7 Å². The van der Waals surface area contributed by atoms with E-state index in [1.807, 2.05) is 13.1 Å². The molecule has 1 aromatic carbocycles. The van der Waals surface area contributed by atoms with Crippen molar-refractivity contribution in [3.63, 3.8) is 0 Å². The number of benzene rings is 1. The molecule has 1 aliphatic heterocycles. The average molecular weight is 334 g/mol. The molecule has 1 aliphatic rings. The van der Waals surface area contributed by atoms with E-state index in [-0.39, 0.29) is 11.7 Å². The Bertz CT molecular complexity index is 668. The molecule has 0 aliphatic carbocycles. The van der Waals surface area contributed by atoms with Gasteiger partial charge in [0.05, 0.1) is 12.8 Å². The number of methoxy groups -OCH3 is 1. The maximum absolute atomic E-state index is 12.5. The van der Waals surface area contributed by atoms with Gasteiger partial charge in [0.25, 0.3) is 5.91 Å². The van der Waals surface area contributed by atoms with Crippen LogP contribution in [0.3, 0.4) is 0 Å². The number of ketones is 1. The molecule has 124 valence electrons. The molecule has 0 fully saturated rings. The van der Waals surface area contributed by atoms with E-state index >= 15 is 0 Å². The summed E-state index contributed by atoms with van der Waals surface area (Å²) in [6.45, 7) is 7.48. The van der Waals surface area contributed by atoms with E-state index in [0.29, 0.717) is 22.9 Å². The maximum atomic E-state index is 12.5. The van der Waals surface area contributed by atoms with Crippen molar-refractivity contribution in [2.45, 2.75) is 33.1 Å². The zero-order valence-electron chi connectivity index (χ0n) is 14.0. The molecule has 0 spiro atoms. The summed E-state index contributed by atoms with van der Waals surface area (Å²) >= 11 is 1.50. The van der Waals surface area contributed by atoms with Gasteiger partial charge in [0.1, 0.15) is 5.75 Å². The van der Waals surface area contributed by atoms with E-state index in [4.69, 9.17) is 4.74 Å². The van der Waals surface area contributed by atoms with Crippen LogP contribution in [0.25, 0.3) is 0 Å². The lowest BCUT2D eigenvalue weighted by Crippen LogP contribution is -2.33. The minimum atomic E-state index is -0.391. The number of hydrogen-bond acceptors (Lipinski definition) is 5. The van der Waals surface area contributed by atoms with Gasteiger partial charge in [0.2, 0.25) is 0 Å². The van der Waals surface area contributed by atoms with Crippen molar-refractivity contribution in [1.82, 2.24) is 5.32 Å². The van der Waals surface area contributed by atoms with Crippen molar-refractivity contribution in [2.75, 3.05) is 12.4 Å². The fourth-order valence-electron chi connectivity index (χ4n) is 2.35. The maximum Gasteiger partial charge on any atom is 0.257 e. The van der Waals surface area contributed by atoms with E-state index in [0.717, 1.165) is 10.5 Å². The van der Waals surface area contributed by atoms with E-state index in [9.17, 15) is 9.59 Å². The van der Waals surface area contributed by atoms with Gasteiger partial charge in [-0.1, -0.05) is 25.6 Å². The lowest BCUT2D eigenvalue weighted by molar-refractivity contribution is -0.116. The molecule has 0 bridgehead atoms. The Hall–Kier alpha value is -1.95. The van der Waals surface area contributed by atoms with Gasteiger partial charge in [0, 0.05) is 22.2 Å². The zero-order chi connectivity index (χ0) is 17.1. The summed E-state index contributed by atoms with van der Waals surface area (Å²) in [7, 11) is 1.56. The van der Waals surface area contributed by atoms with Crippen LogP contribution >= 0.6 is 11.8 Å². The summed E-state index contributed by atoms with van der Waals surface area (Å²) in [4.78, 5) is 25.5. The van der Waals surface area contributed by atoms with Crippen LogP contribution in [0.5, 0.6) is 5.75 Å². The van der Waals surface area contributed by atoms with Crippen LogP contribution in [-0.2, 0) is 4.79 Å². The smallest absolute Gasteiger partial charge is 0.257 e. The first-order chi connectivity index (χ1) is 10.8. The van der Waals surface area contributed by atoms with Gasteiger partial charge in [-0.15, -0.1) is 0 Å². The van der Waals surface area contributed by atoms with Gasteiger partial charge in [-0.25, -0.2) is 0 Å². The number of nitrogens with one attached hydrogen (secondary N) is 2. The predicted molar refractivity (Wildman–Crippen MR) is 93.8 cm³/mol. The van der Waals surface area contributed by atoms with E-state index < -0.39 is 5.37 Å². The number of anilines is 1. The van der Waals surface area contributed by atoms with E-state index in [2.05, 4.69) is 24.5 Å². The molecule has 6 heteroatoms. The van der Waals surface area contributed by atoms with Crippen LogP contribution in [0.15, 0.2) is 23.2 Å². The lowest BCUT2D eigenvalue weighted by atomic mass is 10.0. The molecular formula is C17H22N2O3S. The Labute approximate surface area is 140 Å². The Morgan fingerprint density at radius 2 is 2.04 bits per heavy atom. The molecular weight excluding hydrogens is 312 g/mol. The Morgan fingerprint density at radius 3 is 2.57 bits per heavy atom. The minimum absolute atomic E-state index is 0.0981. The van der Waals surface area contributed by atoms with Crippen molar-refractivity contribution in [1.29, 1.82) is 0 Å². The summed E-state index contributed by atoms with van der Waals surface area (Å²) < 4.78 is 5.28. The zero-order valence-corrected chi connectivity index (χ0v) is 14.8. The van der Waals surface area contributed by atoms with Gasteiger partial charge < -0.3 is 15.4 Å². The average Bonchev–Trinajstić information content (AvgIpc) is 2.99. The van der Waals surface area contributed by atoms with Crippen molar-refractivity contribution < 1.29 is 14.3 Å². The minimum Gasteiger partial charge on any atom is -0.496 e. The fourth-order valence-corrected chi connectivity index (χ4v) is 3.33. The second kappa shape index (κ2) is 7.08. The molecule has 1 amide bonds. The largest absolute Gasteiger partial charge is 0.496 e. The molecule has 23 heavy (non-hydrogen) atoms. The predicted octanol–water partition coefficient (Wildman–Crippen LogP) is 3.30. The highest BCUT2D eigenvalue weighted by Crippen LogP contribution is 2.34. The first-order valence-electron chi connectivity index (χ1n) is 7.47. The summed E-state index contributed by atoms with van der Waals surface area (Å²) in [5.41, 5.74) is 1.74. The molecule has 2 N–H and O–H groups in total. The highest BCUT2D eigenvalue weighted by atomic mass is 32.2. The summed E-state index contributed by atoms with van der Waals surface area (Å²) in [5.74, 6) is 0.731. The number of carbonyl (C=O) groups is 2. The van der Waals surface area contributed by atoms with Crippen molar-refractivity contribution in [3.8, 4) is 5.75 Å². The second-order valence-electron chi connectivity index (χ2n) is 5.73. The molecule has 0 saturated heterocycles. The van der Waals surface area contributed by atoms with Crippen LogP contribution in [0.1, 0.15) is 36.7 Å². The topological polar surface area (TPSA) is 67.4 Å². The number of ether oxygens (including phenoxy) is 1. The molecule has 5 nitrogen and oxygen atoms in total. The van der Waals surface area contributed by atoms with Gasteiger partial charge in [-0.05, 0) is 31.9 Å². The molecule has 1 heterocycles. The van der Waals surface area contributed by atoms with Crippen LogP contribution in [0.2, 0.25) is 0 Å². The SMILES string of the molecule is COc1ccc(C(C)=O)c(NC(=O)C2NC=C(C(C)C)S2)c1C. The van der Waals surface area contributed by atoms with Gasteiger partial charge in [0.15, 0.2) is 11.2 Å². The number of Topliss-reactive ketones (excluding diaryl/α,β-unsaturated/α-hetero) is 1. The highest BCUT2D eigenvalue weighted by Gasteiger charge is 2.27. The van der Waals surface area contributed by atoms with Gasteiger partial charge >= 0.3 is 0 Å². The van der Waals surface area contributed by atoms with E-state index in [1.54, 1.807) is 19.2 Å². The van der Waals surface area contributed by atoms with Crippen LogP contribution in [-0.4, -0.2) is 24.2 Å². The highest BCUT2D eigenvalue weighted by molar-refractivity contribution is 8.04. The third-order valence-corrected chi connectivity index (χ3v) is 5.15. The van der Waals surface area contributed by atoms with Crippen molar-refractivity contribution in [2.24, 2.45) is 5.92 Å². The summed E-state index contributed by atoms with van der Waals surface area (Å²) in [6.07, 6.45) is 1.88. The summed E-state index contributed by atoms with van der Waals surface area (Å²) in [5, 5.41) is 5.57. The van der Waals surface area contributed by atoms with Crippen LogP contribution < -0.4 is 15.4 Å². The Balaban J connectivity index is 2.23.